The lowest BCUT2D eigenvalue weighted by Crippen LogP contribution is -2.35. The number of rotatable bonds is 5. The van der Waals surface area contributed by atoms with E-state index in [1.807, 2.05) is 43.9 Å². The van der Waals surface area contributed by atoms with E-state index in [4.69, 9.17) is 4.74 Å². The molecule has 0 spiro atoms. The van der Waals surface area contributed by atoms with Gasteiger partial charge in [0.1, 0.15) is 5.75 Å². The number of benzene rings is 2. The van der Waals surface area contributed by atoms with Crippen molar-refractivity contribution in [1.82, 2.24) is 4.90 Å². The van der Waals surface area contributed by atoms with Crippen LogP contribution in [0.25, 0.3) is 0 Å². The highest BCUT2D eigenvalue weighted by molar-refractivity contribution is 7.10. The van der Waals surface area contributed by atoms with Crippen LogP contribution >= 0.6 is 11.3 Å². The van der Waals surface area contributed by atoms with E-state index >= 15 is 0 Å². The van der Waals surface area contributed by atoms with Gasteiger partial charge in [-0.25, -0.2) is 0 Å². The first-order valence-electron chi connectivity index (χ1n) is 10.4. The van der Waals surface area contributed by atoms with Crippen LogP contribution in [-0.2, 0) is 13.0 Å². The summed E-state index contributed by atoms with van der Waals surface area (Å²) in [6.07, 6.45) is 0.971. The normalized spacial score (nSPS) is 13.1. The number of anilines is 1. The highest BCUT2D eigenvalue weighted by Gasteiger charge is 2.24. The van der Waals surface area contributed by atoms with Gasteiger partial charge >= 0.3 is 0 Å². The number of hydrogen-bond acceptors (Lipinski definition) is 4. The standard InChI is InChI=1S/C25H26N2O3S/c1-16(2)30-20-9-7-18(8-10-20)24(28)26-22-6-4-5-21(17(22)3)25(29)27-13-11-23-19(15-27)12-14-31-23/h4-10,12,14,16H,11,13,15H2,1-3H3,(H,26,28). The molecule has 0 saturated heterocycles. The smallest absolute Gasteiger partial charge is 0.255 e. The van der Waals surface area contributed by atoms with E-state index in [1.54, 1.807) is 35.6 Å². The Balaban J connectivity index is 1.48. The summed E-state index contributed by atoms with van der Waals surface area (Å²) in [6.45, 7) is 7.15. The highest BCUT2D eigenvalue weighted by atomic mass is 32.1. The molecular weight excluding hydrogens is 408 g/mol. The summed E-state index contributed by atoms with van der Waals surface area (Å²) in [7, 11) is 0. The van der Waals surface area contributed by atoms with Crippen LogP contribution in [0.1, 0.15) is 50.6 Å². The van der Waals surface area contributed by atoms with E-state index in [9.17, 15) is 9.59 Å². The Morgan fingerprint density at radius 1 is 1.10 bits per heavy atom. The quantitative estimate of drug-likeness (QED) is 0.593. The lowest BCUT2D eigenvalue weighted by Gasteiger charge is -2.28. The fourth-order valence-electron chi connectivity index (χ4n) is 3.75. The molecule has 0 bridgehead atoms. The summed E-state index contributed by atoms with van der Waals surface area (Å²) in [5, 5.41) is 5.03. The summed E-state index contributed by atoms with van der Waals surface area (Å²) in [4.78, 5) is 29.2. The highest BCUT2D eigenvalue weighted by Crippen LogP contribution is 2.27. The second kappa shape index (κ2) is 8.94. The molecule has 160 valence electrons. The van der Waals surface area contributed by atoms with Gasteiger partial charge in [0.15, 0.2) is 0 Å². The molecule has 2 aromatic carbocycles. The summed E-state index contributed by atoms with van der Waals surface area (Å²) in [5.41, 5.74) is 3.81. The maximum atomic E-state index is 13.2. The number of ether oxygens (including phenoxy) is 1. The van der Waals surface area contributed by atoms with Gasteiger partial charge in [-0.05, 0) is 86.2 Å². The van der Waals surface area contributed by atoms with Gasteiger partial charge in [0.05, 0.1) is 6.10 Å². The van der Waals surface area contributed by atoms with Crippen LogP contribution in [0.5, 0.6) is 5.75 Å². The maximum Gasteiger partial charge on any atom is 0.255 e. The van der Waals surface area contributed by atoms with Crippen LogP contribution in [0, 0.1) is 6.92 Å². The van der Waals surface area contributed by atoms with Crippen LogP contribution in [0.3, 0.4) is 0 Å². The molecule has 31 heavy (non-hydrogen) atoms. The fraction of sp³-hybridized carbons (Fsp3) is 0.280. The summed E-state index contributed by atoms with van der Waals surface area (Å²) >= 11 is 1.76. The minimum atomic E-state index is -0.218. The Morgan fingerprint density at radius 2 is 1.87 bits per heavy atom. The van der Waals surface area contributed by atoms with Gasteiger partial charge in [-0.1, -0.05) is 6.07 Å². The summed E-state index contributed by atoms with van der Waals surface area (Å²) in [6, 6.07) is 14.6. The zero-order valence-corrected chi connectivity index (χ0v) is 18.8. The molecule has 1 aliphatic heterocycles. The Morgan fingerprint density at radius 3 is 2.61 bits per heavy atom. The van der Waals surface area contributed by atoms with Gasteiger partial charge in [-0.15, -0.1) is 11.3 Å². The molecule has 0 atom stereocenters. The molecule has 0 radical (unpaired) electrons. The average Bonchev–Trinajstić information content (AvgIpc) is 3.22. The third kappa shape index (κ3) is 4.64. The first-order valence-corrected chi connectivity index (χ1v) is 11.3. The molecule has 3 aromatic rings. The van der Waals surface area contributed by atoms with E-state index in [1.165, 1.54) is 10.4 Å². The number of carbonyl (C=O) groups is 2. The van der Waals surface area contributed by atoms with E-state index in [0.717, 1.165) is 17.7 Å². The molecule has 1 aromatic heterocycles. The van der Waals surface area contributed by atoms with Gasteiger partial charge in [0, 0.05) is 34.8 Å². The van der Waals surface area contributed by atoms with Crippen molar-refractivity contribution in [2.24, 2.45) is 0 Å². The van der Waals surface area contributed by atoms with Crippen molar-refractivity contribution in [3.05, 3.63) is 81.0 Å². The monoisotopic (exact) mass is 434 g/mol. The van der Waals surface area contributed by atoms with Crippen molar-refractivity contribution in [2.75, 3.05) is 11.9 Å². The molecule has 6 heteroatoms. The minimum absolute atomic E-state index is 0.000589. The predicted molar refractivity (Wildman–Crippen MR) is 124 cm³/mol. The van der Waals surface area contributed by atoms with Crippen molar-refractivity contribution >= 4 is 28.8 Å². The van der Waals surface area contributed by atoms with Gasteiger partial charge in [0.25, 0.3) is 11.8 Å². The molecule has 2 amide bonds. The van der Waals surface area contributed by atoms with Crippen LogP contribution in [0.15, 0.2) is 53.9 Å². The van der Waals surface area contributed by atoms with E-state index in [-0.39, 0.29) is 17.9 Å². The van der Waals surface area contributed by atoms with Crippen molar-refractivity contribution in [3.63, 3.8) is 0 Å². The molecule has 0 fully saturated rings. The van der Waals surface area contributed by atoms with Crippen LogP contribution in [0.2, 0.25) is 0 Å². The van der Waals surface area contributed by atoms with Crippen LogP contribution < -0.4 is 10.1 Å². The Kier molecular flexibility index (Phi) is 6.09. The van der Waals surface area contributed by atoms with E-state index in [2.05, 4.69) is 16.8 Å². The molecule has 2 heterocycles. The zero-order valence-electron chi connectivity index (χ0n) is 18.0. The Labute approximate surface area is 186 Å². The maximum absolute atomic E-state index is 13.2. The lowest BCUT2D eigenvalue weighted by atomic mass is 10.0. The van der Waals surface area contributed by atoms with Crippen LogP contribution in [0.4, 0.5) is 5.69 Å². The number of hydrogen-bond donors (Lipinski definition) is 1. The lowest BCUT2D eigenvalue weighted by molar-refractivity contribution is 0.0735. The first-order chi connectivity index (χ1) is 14.9. The fourth-order valence-corrected chi connectivity index (χ4v) is 4.64. The molecule has 5 nitrogen and oxygen atoms in total. The summed E-state index contributed by atoms with van der Waals surface area (Å²) in [5.74, 6) is 0.510. The number of carbonyl (C=O) groups excluding carboxylic acids is 2. The minimum Gasteiger partial charge on any atom is -0.491 e. The van der Waals surface area contributed by atoms with Crippen molar-refractivity contribution < 1.29 is 14.3 Å². The number of nitrogens with zero attached hydrogens (tertiary/aromatic N) is 1. The topological polar surface area (TPSA) is 58.6 Å². The number of nitrogens with one attached hydrogen (secondary N) is 1. The Bertz CT molecular complexity index is 1100. The zero-order chi connectivity index (χ0) is 22.0. The number of amides is 2. The first kappa shape index (κ1) is 21.1. The second-order valence-electron chi connectivity index (χ2n) is 7.97. The molecule has 0 aliphatic carbocycles. The second-order valence-corrected chi connectivity index (χ2v) is 8.97. The SMILES string of the molecule is Cc1c(NC(=O)c2ccc(OC(C)C)cc2)cccc1C(=O)N1CCc2sccc2C1. The average molecular weight is 435 g/mol. The number of thiophene rings is 1. The van der Waals surface area contributed by atoms with Gasteiger partial charge in [-0.3, -0.25) is 9.59 Å². The van der Waals surface area contributed by atoms with E-state index in [0.29, 0.717) is 29.9 Å². The third-order valence-electron chi connectivity index (χ3n) is 5.40. The summed E-state index contributed by atoms with van der Waals surface area (Å²) < 4.78 is 5.63. The number of fused-ring (bicyclic) bond motifs is 1. The predicted octanol–water partition coefficient (Wildman–Crippen LogP) is 5.29. The van der Waals surface area contributed by atoms with Gasteiger partial charge in [0.2, 0.25) is 0 Å². The van der Waals surface area contributed by atoms with Crippen molar-refractivity contribution in [1.29, 1.82) is 0 Å². The molecule has 1 aliphatic rings. The Hall–Kier alpha value is -3.12. The molecule has 4 rings (SSSR count). The van der Waals surface area contributed by atoms with Crippen molar-refractivity contribution in [3.8, 4) is 5.75 Å². The van der Waals surface area contributed by atoms with Crippen molar-refractivity contribution in [2.45, 2.75) is 39.8 Å². The largest absolute Gasteiger partial charge is 0.491 e. The molecule has 0 saturated carbocycles. The van der Waals surface area contributed by atoms with Gasteiger partial charge < -0.3 is 15.0 Å². The third-order valence-corrected chi connectivity index (χ3v) is 6.42. The molecular formula is C25H26N2O3S. The van der Waals surface area contributed by atoms with Crippen LogP contribution in [-0.4, -0.2) is 29.4 Å². The molecule has 1 N–H and O–H groups in total. The van der Waals surface area contributed by atoms with E-state index < -0.39 is 0 Å². The molecule has 0 unspecified atom stereocenters. The van der Waals surface area contributed by atoms with Gasteiger partial charge in [-0.2, -0.15) is 0 Å².